The van der Waals surface area contributed by atoms with Crippen LogP contribution < -0.4 is 10.5 Å². The number of aryl methyl sites for hydroxylation is 1. The summed E-state index contributed by atoms with van der Waals surface area (Å²) < 4.78 is 1.71. The fourth-order valence-electron chi connectivity index (χ4n) is 5.02. The minimum atomic E-state index is -0.0643. The van der Waals surface area contributed by atoms with E-state index in [4.69, 9.17) is 5.26 Å². The molecule has 0 aliphatic carbocycles. The van der Waals surface area contributed by atoms with Crippen LogP contribution in [0.3, 0.4) is 0 Å². The number of piperazine rings is 1. The second kappa shape index (κ2) is 9.71. The van der Waals surface area contributed by atoms with Crippen LogP contribution in [0, 0.1) is 18.3 Å². The van der Waals surface area contributed by atoms with Gasteiger partial charge in [-0.05, 0) is 71.5 Å². The molecule has 36 heavy (non-hydrogen) atoms. The third-order valence-corrected chi connectivity index (χ3v) is 6.98. The Balaban J connectivity index is 1.46. The quantitative estimate of drug-likeness (QED) is 0.420. The van der Waals surface area contributed by atoms with Gasteiger partial charge in [0.25, 0.3) is 5.56 Å². The van der Waals surface area contributed by atoms with E-state index in [0.717, 1.165) is 59.6 Å². The molecule has 3 aromatic carbocycles. The van der Waals surface area contributed by atoms with Gasteiger partial charge in [-0.25, -0.2) is 0 Å². The molecule has 1 fully saturated rings. The maximum Gasteiger partial charge on any atom is 0.262 e. The summed E-state index contributed by atoms with van der Waals surface area (Å²) in [5.41, 5.74) is 5.42. The van der Waals surface area contributed by atoms with E-state index in [1.807, 2.05) is 79.5 Å². The lowest BCUT2D eigenvalue weighted by Crippen LogP contribution is -2.48. The largest absolute Gasteiger partial charge is 0.368 e. The molecule has 1 aliphatic heterocycles. The van der Waals surface area contributed by atoms with E-state index in [-0.39, 0.29) is 11.5 Å². The van der Waals surface area contributed by atoms with Gasteiger partial charge in [-0.15, -0.1) is 0 Å². The van der Waals surface area contributed by atoms with Crippen molar-refractivity contribution in [3.8, 4) is 22.9 Å². The number of rotatable bonds is 4. The average Bonchev–Trinajstić information content (AvgIpc) is 2.94. The number of anilines is 1. The van der Waals surface area contributed by atoms with Crippen LogP contribution in [0.2, 0.25) is 0 Å². The number of amides is 1. The number of hydrogen-bond donors (Lipinski definition) is 0. The van der Waals surface area contributed by atoms with Gasteiger partial charge < -0.3 is 9.80 Å². The molecule has 1 aromatic heterocycles. The summed E-state index contributed by atoms with van der Waals surface area (Å²) in [6.45, 7) is 7.00. The van der Waals surface area contributed by atoms with E-state index in [1.165, 1.54) is 0 Å². The SMILES string of the molecule is CCC(=O)N1CCN(c2ccc(-n3cc(C)c4c(-c5ccc(C#N)cc5)cccc4c3=O)cc2)CC1. The Hall–Kier alpha value is -4.37. The van der Waals surface area contributed by atoms with Crippen LogP contribution in [-0.2, 0) is 4.79 Å². The van der Waals surface area contributed by atoms with Crippen LogP contribution in [-0.4, -0.2) is 41.6 Å². The number of nitriles is 1. The van der Waals surface area contributed by atoms with Gasteiger partial charge in [0.2, 0.25) is 5.91 Å². The van der Waals surface area contributed by atoms with Crippen LogP contribution in [0.5, 0.6) is 0 Å². The molecular weight excluding hydrogens is 448 g/mol. The standard InChI is InChI=1S/C30H28N4O2/c1-3-28(35)33-17-15-32(16-18-33)24-11-13-25(14-12-24)34-20-21(2)29-26(5-4-6-27(29)30(34)36)23-9-7-22(19-31)8-10-23/h4-14,20H,3,15-18H2,1-2H3. The summed E-state index contributed by atoms with van der Waals surface area (Å²) in [5, 5.41) is 10.7. The summed E-state index contributed by atoms with van der Waals surface area (Å²) in [6.07, 6.45) is 2.45. The number of nitrogens with zero attached hydrogens (tertiary/aromatic N) is 4. The fraction of sp³-hybridized carbons (Fsp3) is 0.233. The molecule has 0 N–H and O–H groups in total. The van der Waals surface area contributed by atoms with E-state index in [0.29, 0.717) is 17.4 Å². The lowest BCUT2D eigenvalue weighted by atomic mass is 9.96. The number of carbonyl (C=O) groups excluding carboxylic acids is 1. The Bertz CT molecular complexity index is 1520. The highest BCUT2D eigenvalue weighted by Crippen LogP contribution is 2.30. The Morgan fingerprint density at radius 2 is 1.58 bits per heavy atom. The Morgan fingerprint density at radius 3 is 2.22 bits per heavy atom. The minimum absolute atomic E-state index is 0.0643. The first kappa shape index (κ1) is 23.4. The second-order valence-corrected chi connectivity index (χ2v) is 9.14. The van der Waals surface area contributed by atoms with Gasteiger partial charge in [0.1, 0.15) is 0 Å². The number of carbonyl (C=O) groups is 1. The Morgan fingerprint density at radius 1 is 0.917 bits per heavy atom. The zero-order valence-electron chi connectivity index (χ0n) is 20.6. The molecule has 1 aliphatic rings. The van der Waals surface area contributed by atoms with Crippen molar-refractivity contribution in [2.24, 2.45) is 0 Å². The molecule has 0 saturated carbocycles. The van der Waals surface area contributed by atoms with Crippen molar-refractivity contribution in [1.82, 2.24) is 9.47 Å². The van der Waals surface area contributed by atoms with E-state index >= 15 is 0 Å². The summed E-state index contributed by atoms with van der Waals surface area (Å²) in [5.74, 6) is 0.207. The van der Waals surface area contributed by atoms with Gasteiger partial charge >= 0.3 is 0 Å². The molecule has 1 saturated heterocycles. The van der Waals surface area contributed by atoms with Gasteiger partial charge in [-0.2, -0.15) is 5.26 Å². The smallest absolute Gasteiger partial charge is 0.262 e. The predicted octanol–water partition coefficient (Wildman–Crippen LogP) is 4.90. The average molecular weight is 477 g/mol. The van der Waals surface area contributed by atoms with E-state index in [2.05, 4.69) is 11.0 Å². The number of benzene rings is 3. The highest BCUT2D eigenvalue weighted by Gasteiger charge is 2.20. The number of aromatic nitrogens is 1. The first-order valence-electron chi connectivity index (χ1n) is 12.3. The third-order valence-electron chi connectivity index (χ3n) is 6.98. The molecule has 0 bridgehead atoms. The van der Waals surface area contributed by atoms with Crippen LogP contribution in [0.4, 0.5) is 5.69 Å². The fourth-order valence-corrected chi connectivity index (χ4v) is 5.02. The van der Waals surface area contributed by atoms with Crippen molar-refractivity contribution in [1.29, 1.82) is 5.26 Å². The highest BCUT2D eigenvalue weighted by molar-refractivity contribution is 5.98. The summed E-state index contributed by atoms with van der Waals surface area (Å²) >= 11 is 0. The van der Waals surface area contributed by atoms with Crippen molar-refractivity contribution in [3.05, 3.63) is 94.4 Å². The third kappa shape index (κ3) is 4.25. The molecule has 180 valence electrons. The molecule has 0 radical (unpaired) electrons. The topological polar surface area (TPSA) is 69.3 Å². The normalized spacial score (nSPS) is 13.6. The van der Waals surface area contributed by atoms with Gasteiger partial charge in [0.05, 0.1) is 11.6 Å². The zero-order chi connectivity index (χ0) is 25.2. The molecule has 4 aromatic rings. The Labute approximate surface area is 210 Å². The van der Waals surface area contributed by atoms with Crippen molar-refractivity contribution in [3.63, 3.8) is 0 Å². The summed E-state index contributed by atoms with van der Waals surface area (Å²) in [7, 11) is 0. The maximum absolute atomic E-state index is 13.6. The van der Waals surface area contributed by atoms with Crippen LogP contribution in [0.1, 0.15) is 24.5 Å². The molecule has 0 atom stereocenters. The zero-order valence-corrected chi connectivity index (χ0v) is 20.6. The Kier molecular flexibility index (Phi) is 6.30. The first-order chi connectivity index (χ1) is 17.5. The summed E-state index contributed by atoms with van der Waals surface area (Å²) in [6, 6.07) is 23.5. The number of hydrogen-bond acceptors (Lipinski definition) is 4. The minimum Gasteiger partial charge on any atom is -0.368 e. The van der Waals surface area contributed by atoms with E-state index < -0.39 is 0 Å². The number of fused-ring (bicyclic) bond motifs is 1. The lowest BCUT2D eigenvalue weighted by molar-refractivity contribution is -0.131. The van der Waals surface area contributed by atoms with E-state index in [9.17, 15) is 9.59 Å². The molecule has 6 heteroatoms. The molecular formula is C30H28N4O2. The second-order valence-electron chi connectivity index (χ2n) is 9.14. The molecule has 6 nitrogen and oxygen atoms in total. The molecule has 2 heterocycles. The van der Waals surface area contributed by atoms with Gasteiger partial charge in [0, 0.05) is 55.6 Å². The van der Waals surface area contributed by atoms with Gasteiger partial charge in [-0.3, -0.25) is 14.2 Å². The van der Waals surface area contributed by atoms with Crippen LogP contribution >= 0.6 is 0 Å². The maximum atomic E-state index is 13.6. The van der Waals surface area contributed by atoms with Gasteiger partial charge in [0.15, 0.2) is 0 Å². The molecule has 0 unspecified atom stereocenters. The van der Waals surface area contributed by atoms with Gasteiger partial charge in [-0.1, -0.05) is 31.2 Å². The van der Waals surface area contributed by atoms with E-state index in [1.54, 1.807) is 16.7 Å². The summed E-state index contributed by atoms with van der Waals surface area (Å²) in [4.78, 5) is 29.7. The van der Waals surface area contributed by atoms with Crippen molar-refractivity contribution in [2.75, 3.05) is 31.1 Å². The molecule has 5 rings (SSSR count). The first-order valence-corrected chi connectivity index (χ1v) is 12.3. The predicted molar refractivity (Wildman–Crippen MR) is 144 cm³/mol. The number of pyridine rings is 1. The molecule has 1 amide bonds. The molecule has 0 spiro atoms. The highest BCUT2D eigenvalue weighted by atomic mass is 16.2. The van der Waals surface area contributed by atoms with Crippen LogP contribution in [0.25, 0.3) is 27.6 Å². The van der Waals surface area contributed by atoms with Crippen molar-refractivity contribution >= 4 is 22.4 Å². The van der Waals surface area contributed by atoms with Crippen LogP contribution in [0.15, 0.2) is 77.7 Å². The lowest BCUT2D eigenvalue weighted by Gasteiger charge is -2.36. The van der Waals surface area contributed by atoms with Crippen molar-refractivity contribution in [2.45, 2.75) is 20.3 Å². The monoisotopic (exact) mass is 476 g/mol. The van der Waals surface area contributed by atoms with Crippen molar-refractivity contribution < 1.29 is 4.79 Å².